The van der Waals surface area contributed by atoms with E-state index in [9.17, 15) is 4.79 Å². The molecule has 2 aliphatic rings. The summed E-state index contributed by atoms with van der Waals surface area (Å²) in [6, 6.07) is 7.68. The molecule has 16 heavy (non-hydrogen) atoms. The highest BCUT2D eigenvalue weighted by Gasteiger charge is 2.34. The van der Waals surface area contributed by atoms with E-state index in [4.69, 9.17) is 5.73 Å². The normalized spacial score (nSPS) is 28.6. The molecule has 0 aromatic heterocycles. The number of rotatable bonds is 0. The van der Waals surface area contributed by atoms with Crippen LogP contribution in [-0.2, 0) is 4.79 Å². The van der Waals surface area contributed by atoms with Gasteiger partial charge in [0.05, 0.1) is 0 Å². The number of hydrogen-bond donors (Lipinski definition) is 1. The minimum absolute atomic E-state index is 0.0923. The lowest BCUT2D eigenvalue weighted by Gasteiger charge is -2.30. The summed E-state index contributed by atoms with van der Waals surface area (Å²) in [5.74, 6) is 0.581. The Morgan fingerprint density at radius 1 is 1.25 bits per heavy atom. The van der Waals surface area contributed by atoms with Gasteiger partial charge in [0.1, 0.15) is 6.04 Å². The summed E-state index contributed by atoms with van der Waals surface area (Å²) in [5.41, 5.74) is 8.37. The summed E-state index contributed by atoms with van der Waals surface area (Å²) < 4.78 is 0. The van der Waals surface area contributed by atoms with Crippen LogP contribution in [0.2, 0.25) is 0 Å². The molecule has 3 heteroatoms. The highest BCUT2D eigenvalue weighted by atomic mass is 16.2. The zero-order chi connectivity index (χ0) is 11.1. The first-order chi connectivity index (χ1) is 7.77. The zero-order valence-corrected chi connectivity index (χ0v) is 9.23. The van der Waals surface area contributed by atoms with Crippen molar-refractivity contribution in [1.29, 1.82) is 0 Å². The molecule has 0 aliphatic carbocycles. The maximum atomic E-state index is 12.1. The fourth-order valence-electron chi connectivity index (χ4n) is 2.93. The largest absolute Gasteiger partial charge is 0.340 e. The highest BCUT2D eigenvalue weighted by molar-refractivity contribution is 5.84. The summed E-state index contributed by atoms with van der Waals surface area (Å²) in [6.45, 7) is 1.72. The number of nitrogens with zero attached hydrogens (tertiary/aromatic N) is 1. The Kier molecular flexibility index (Phi) is 2.21. The van der Waals surface area contributed by atoms with Crippen molar-refractivity contribution in [3.8, 4) is 0 Å². The predicted octanol–water partition coefficient (Wildman–Crippen LogP) is 1.41. The van der Waals surface area contributed by atoms with Crippen LogP contribution in [0.15, 0.2) is 24.3 Å². The minimum atomic E-state index is -0.459. The molecule has 1 aromatic rings. The van der Waals surface area contributed by atoms with E-state index in [1.165, 1.54) is 12.0 Å². The molecule has 0 spiro atoms. The molecule has 0 radical (unpaired) electrons. The summed E-state index contributed by atoms with van der Waals surface area (Å²) in [6.07, 6.45) is 2.27. The average molecular weight is 216 g/mol. The Labute approximate surface area is 95.2 Å². The van der Waals surface area contributed by atoms with Gasteiger partial charge in [-0.05, 0) is 24.0 Å². The number of nitrogens with two attached hydrogens (primary N) is 1. The van der Waals surface area contributed by atoms with Crippen molar-refractivity contribution in [2.45, 2.75) is 24.8 Å². The number of piperidine rings is 1. The number of amides is 1. The van der Waals surface area contributed by atoms with Crippen molar-refractivity contribution >= 4 is 5.91 Å². The monoisotopic (exact) mass is 216 g/mol. The molecule has 1 unspecified atom stereocenters. The Hall–Kier alpha value is -1.35. The van der Waals surface area contributed by atoms with Crippen LogP contribution in [0.1, 0.15) is 35.9 Å². The molecule has 1 amide bonds. The van der Waals surface area contributed by atoms with Gasteiger partial charge >= 0.3 is 0 Å². The Morgan fingerprint density at radius 3 is 2.81 bits per heavy atom. The van der Waals surface area contributed by atoms with Gasteiger partial charge in [-0.25, -0.2) is 0 Å². The SMILES string of the molecule is N[C@H]1C(=O)N2CCCC(C2)c2ccccc21. The van der Waals surface area contributed by atoms with Crippen molar-refractivity contribution in [1.82, 2.24) is 4.90 Å². The number of fused-ring (bicyclic) bond motifs is 4. The van der Waals surface area contributed by atoms with Crippen LogP contribution in [0.4, 0.5) is 0 Å². The van der Waals surface area contributed by atoms with Gasteiger partial charge in [0.25, 0.3) is 0 Å². The second-order valence-electron chi connectivity index (χ2n) is 4.73. The first-order valence-corrected chi connectivity index (χ1v) is 5.90. The molecule has 2 atom stereocenters. The van der Waals surface area contributed by atoms with E-state index in [2.05, 4.69) is 6.07 Å². The predicted molar refractivity (Wildman–Crippen MR) is 61.9 cm³/mol. The van der Waals surface area contributed by atoms with Crippen LogP contribution >= 0.6 is 0 Å². The van der Waals surface area contributed by atoms with Crippen molar-refractivity contribution in [3.05, 3.63) is 35.4 Å². The van der Waals surface area contributed by atoms with Gasteiger partial charge in [-0.3, -0.25) is 4.79 Å². The van der Waals surface area contributed by atoms with Crippen LogP contribution in [0.25, 0.3) is 0 Å². The van der Waals surface area contributed by atoms with E-state index in [1.54, 1.807) is 0 Å². The molecular formula is C13H16N2O. The van der Waals surface area contributed by atoms with E-state index in [0.29, 0.717) is 5.92 Å². The maximum absolute atomic E-state index is 12.1. The standard InChI is InChI=1S/C13H16N2O/c14-12-11-6-2-1-5-10(11)9-4-3-7-15(8-9)13(12)16/h1-2,5-6,9,12H,3-4,7-8,14H2/t9?,12-/m1/s1. The van der Waals surface area contributed by atoms with Gasteiger partial charge in [-0.1, -0.05) is 24.3 Å². The number of benzene rings is 1. The quantitative estimate of drug-likeness (QED) is 0.712. The Balaban J connectivity index is 2.13. The summed E-state index contributed by atoms with van der Waals surface area (Å²) in [4.78, 5) is 14.0. The number of carbonyl (C=O) groups is 1. The van der Waals surface area contributed by atoms with Gasteiger partial charge in [0.2, 0.25) is 5.91 Å². The van der Waals surface area contributed by atoms with Crippen molar-refractivity contribution < 1.29 is 4.79 Å². The van der Waals surface area contributed by atoms with Crippen molar-refractivity contribution in [3.63, 3.8) is 0 Å². The molecule has 2 N–H and O–H groups in total. The lowest BCUT2D eigenvalue weighted by Crippen LogP contribution is -2.41. The fraction of sp³-hybridized carbons (Fsp3) is 0.462. The molecule has 1 fully saturated rings. The van der Waals surface area contributed by atoms with E-state index < -0.39 is 6.04 Å². The van der Waals surface area contributed by atoms with Crippen LogP contribution in [0, 0.1) is 0 Å². The topological polar surface area (TPSA) is 46.3 Å². The summed E-state index contributed by atoms with van der Waals surface area (Å²) in [5, 5.41) is 0. The lowest BCUT2D eigenvalue weighted by molar-refractivity contribution is -0.133. The van der Waals surface area contributed by atoms with Gasteiger partial charge < -0.3 is 10.6 Å². The first kappa shape index (κ1) is 9.85. The fourth-order valence-corrected chi connectivity index (χ4v) is 2.93. The average Bonchev–Trinajstić information content (AvgIpc) is 2.42. The second-order valence-corrected chi connectivity index (χ2v) is 4.73. The van der Waals surface area contributed by atoms with Gasteiger partial charge in [-0.2, -0.15) is 0 Å². The summed E-state index contributed by atoms with van der Waals surface area (Å²) in [7, 11) is 0. The Morgan fingerprint density at radius 2 is 2.00 bits per heavy atom. The third-order valence-corrected chi connectivity index (χ3v) is 3.77. The van der Waals surface area contributed by atoms with Crippen LogP contribution in [0.5, 0.6) is 0 Å². The maximum Gasteiger partial charge on any atom is 0.244 e. The molecule has 84 valence electrons. The molecule has 0 saturated carbocycles. The number of carbonyl (C=O) groups excluding carboxylic acids is 1. The van der Waals surface area contributed by atoms with E-state index in [1.807, 2.05) is 23.1 Å². The van der Waals surface area contributed by atoms with E-state index in [-0.39, 0.29) is 5.91 Å². The van der Waals surface area contributed by atoms with Crippen molar-refractivity contribution in [2.75, 3.05) is 13.1 Å². The highest BCUT2D eigenvalue weighted by Crippen LogP contribution is 2.35. The summed E-state index contributed by atoms with van der Waals surface area (Å²) >= 11 is 0. The zero-order valence-electron chi connectivity index (χ0n) is 9.23. The molecule has 3 nitrogen and oxygen atoms in total. The molecular weight excluding hydrogens is 200 g/mol. The van der Waals surface area contributed by atoms with Crippen LogP contribution < -0.4 is 5.73 Å². The molecule has 3 rings (SSSR count). The minimum Gasteiger partial charge on any atom is -0.340 e. The molecule has 1 saturated heterocycles. The molecule has 2 heterocycles. The second kappa shape index (κ2) is 3.59. The lowest BCUT2D eigenvalue weighted by atomic mass is 9.88. The first-order valence-electron chi connectivity index (χ1n) is 5.90. The number of hydrogen-bond acceptors (Lipinski definition) is 2. The Bertz CT molecular complexity index is 430. The molecule has 1 aromatic carbocycles. The van der Waals surface area contributed by atoms with Gasteiger partial charge in [0, 0.05) is 19.0 Å². The van der Waals surface area contributed by atoms with Crippen LogP contribution in [0.3, 0.4) is 0 Å². The van der Waals surface area contributed by atoms with Crippen molar-refractivity contribution in [2.24, 2.45) is 5.73 Å². The smallest absolute Gasteiger partial charge is 0.244 e. The van der Waals surface area contributed by atoms with Gasteiger partial charge in [0.15, 0.2) is 0 Å². The third kappa shape index (κ3) is 1.35. The molecule has 2 bridgehead atoms. The third-order valence-electron chi connectivity index (χ3n) is 3.77. The van der Waals surface area contributed by atoms with E-state index in [0.717, 1.165) is 25.1 Å². The van der Waals surface area contributed by atoms with Crippen LogP contribution in [-0.4, -0.2) is 23.9 Å². The molecule has 2 aliphatic heterocycles. The van der Waals surface area contributed by atoms with Gasteiger partial charge in [-0.15, -0.1) is 0 Å². The van der Waals surface area contributed by atoms with E-state index >= 15 is 0 Å².